The maximum Gasteiger partial charge on any atom is 0.425 e. The molecule has 15 nitrogen and oxygen atoms in total. The number of aromatic amines is 1. The second kappa shape index (κ2) is 15.7. The number of carbonyl (C=O) groups excluding carboxylic acids is 3. The number of allylic oxidation sites excluding steroid dienone is 1. The first-order valence-electron chi connectivity index (χ1n) is 17.0. The Morgan fingerprint density at radius 1 is 1.11 bits per heavy atom. The Morgan fingerprint density at radius 3 is 2.36 bits per heavy atom. The lowest BCUT2D eigenvalue weighted by Gasteiger charge is -2.27. The van der Waals surface area contributed by atoms with Gasteiger partial charge in [-0.05, 0) is 78.3 Å². The van der Waals surface area contributed by atoms with E-state index in [4.69, 9.17) is 53.8 Å². The zero-order valence-electron chi connectivity index (χ0n) is 31.5. The summed E-state index contributed by atoms with van der Waals surface area (Å²) in [6.45, 7) is 11.9. The minimum Gasteiger partial charge on any atom is -0.443 e. The number of carbonyl (C=O) groups is 3. The van der Waals surface area contributed by atoms with Crippen molar-refractivity contribution < 1.29 is 32.8 Å². The molecule has 2 aromatic carbocycles. The molecule has 1 aliphatic rings. The number of benzene rings is 2. The summed E-state index contributed by atoms with van der Waals surface area (Å²) < 4.78 is 32.1. The smallest absolute Gasteiger partial charge is 0.425 e. The van der Waals surface area contributed by atoms with Crippen LogP contribution in [0.5, 0.6) is 0 Å². The lowest BCUT2D eigenvalue weighted by Crippen LogP contribution is -2.44. The number of nitrogens with two attached hydrogens (primary N) is 2. The Morgan fingerprint density at radius 2 is 1.76 bits per heavy atom. The molecule has 5 rings (SSSR count). The van der Waals surface area contributed by atoms with E-state index in [1.807, 2.05) is 11.8 Å². The number of H-pyrrole nitrogens is 1. The van der Waals surface area contributed by atoms with Crippen molar-refractivity contribution in [2.24, 2.45) is 22.5 Å². The topological polar surface area (TPSA) is 199 Å². The van der Waals surface area contributed by atoms with Crippen molar-refractivity contribution in [3.63, 3.8) is 0 Å². The number of nitrogens with one attached hydrogen (secondary N) is 1. The Hall–Kier alpha value is -5.45. The molecule has 2 aromatic heterocycles. The Kier molecular flexibility index (Phi) is 11.6. The third kappa shape index (κ3) is 9.27. The summed E-state index contributed by atoms with van der Waals surface area (Å²) in [5.41, 5.74) is 5.35. The van der Waals surface area contributed by atoms with Gasteiger partial charge in [0.1, 0.15) is 40.0 Å². The Labute approximate surface area is 326 Å². The van der Waals surface area contributed by atoms with Gasteiger partial charge >= 0.3 is 12.2 Å². The molecule has 18 heteroatoms. The number of imide groups is 1. The van der Waals surface area contributed by atoms with Gasteiger partial charge in [-0.1, -0.05) is 41.3 Å². The molecule has 2 atom stereocenters. The van der Waals surface area contributed by atoms with Crippen molar-refractivity contribution in [1.82, 2.24) is 20.0 Å². The molecule has 0 aliphatic carbocycles. The molecule has 292 valence electrons. The highest BCUT2D eigenvalue weighted by molar-refractivity contribution is 6.31. The van der Waals surface area contributed by atoms with E-state index in [9.17, 15) is 14.4 Å². The van der Waals surface area contributed by atoms with Crippen molar-refractivity contribution in [2.75, 3.05) is 17.0 Å². The van der Waals surface area contributed by atoms with E-state index < -0.39 is 35.4 Å². The number of hydrogen-bond acceptors (Lipinski definition) is 12. The number of aldehydes is 1. The largest absolute Gasteiger partial charge is 0.443 e. The number of fused-ring (bicyclic) bond motifs is 1. The molecule has 0 spiro atoms. The van der Waals surface area contributed by atoms with Crippen LogP contribution in [0.15, 0.2) is 63.3 Å². The second-order valence-electron chi connectivity index (χ2n) is 14.8. The molecule has 0 bridgehead atoms. The summed E-state index contributed by atoms with van der Waals surface area (Å²) in [4.78, 5) is 53.0. The standard InChI is InChI=1S/C37H42Cl2FN9O6/c1-19-15-26(47(8)32(19)43-24(13-14-50)23-17-21(38)10-12-25(23)48(42)18-28(39)41)31-44-29(30(40)45-31)20-9-11-22-27(16-20)55-46-33(22)49(34(51)53-36(2,3)4)35(52)54-37(5,6)7/h9-14,16-19,26H,15,41-42H2,1-8H3,(H,44,45)/b24-13-,28-18-,43-32?/t19-,26?/m1/s1. The summed E-state index contributed by atoms with van der Waals surface area (Å²) in [6, 6.07) is 9.03. The number of likely N-dealkylation sites (tertiary alicyclic amines) is 1. The van der Waals surface area contributed by atoms with E-state index in [0.717, 1.165) is 0 Å². The van der Waals surface area contributed by atoms with E-state index in [1.165, 1.54) is 29.4 Å². The summed E-state index contributed by atoms with van der Waals surface area (Å²) in [5, 5.41) is 5.76. The molecule has 1 saturated heterocycles. The van der Waals surface area contributed by atoms with Crippen molar-refractivity contribution in [2.45, 2.75) is 72.1 Å². The molecule has 1 aliphatic heterocycles. The van der Waals surface area contributed by atoms with E-state index in [1.54, 1.807) is 72.9 Å². The SMILES string of the molecule is C[C@@H]1CC(c2nc(-c3ccc4c(N(C(=O)OC(C)(C)C)C(=O)OC(C)(C)C)noc4c3)c(F)[nH]2)N(C)C1=N/C(=C\C=O)c1cc(Cl)ccc1N(N)/C=C(\N)Cl. The Balaban J connectivity index is 1.46. The number of hydrogen-bond donors (Lipinski definition) is 3. The molecule has 0 radical (unpaired) electrons. The summed E-state index contributed by atoms with van der Waals surface area (Å²) in [6.07, 6.45) is 1.65. The number of anilines is 2. The van der Waals surface area contributed by atoms with E-state index in [2.05, 4.69) is 15.1 Å². The van der Waals surface area contributed by atoms with Crippen molar-refractivity contribution in [3.05, 3.63) is 76.2 Å². The van der Waals surface area contributed by atoms with Crippen molar-refractivity contribution in [1.29, 1.82) is 0 Å². The summed E-state index contributed by atoms with van der Waals surface area (Å²) in [7, 11) is 1.79. The van der Waals surface area contributed by atoms with Gasteiger partial charge < -0.3 is 29.6 Å². The van der Waals surface area contributed by atoms with Crippen LogP contribution in [0.2, 0.25) is 5.02 Å². The van der Waals surface area contributed by atoms with Crippen molar-refractivity contribution in [3.8, 4) is 11.3 Å². The van der Waals surface area contributed by atoms with Gasteiger partial charge in [-0.25, -0.2) is 25.4 Å². The molecule has 0 saturated carbocycles. The minimum atomic E-state index is -1.02. The van der Waals surface area contributed by atoms with E-state index in [-0.39, 0.29) is 39.3 Å². The minimum absolute atomic E-state index is 0.00259. The first-order chi connectivity index (χ1) is 25.7. The van der Waals surface area contributed by atoms with Gasteiger partial charge in [0.15, 0.2) is 11.4 Å². The molecule has 1 fully saturated rings. The zero-order chi connectivity index (χ0) is 40.6. The zero-order valence-corrected chi connectivity index (χ0v) is 33.0. The fourth-order valence-electron chi connectivity index (χ4n) is 5.92. The van der Waals surface area contributed by atoms with Gasteiger partial charge in [0.2, 0.25) is 5.95 Å². The quantitative estimate of drug-likeness (QED) is 0.0511. The van der Waals surface area contributed by atoms with Crippen LogP contribution in [0.1, 0.15) is 72.3 Å². The van der Waals surface area contributed by atoms with Gasteiger partial charge in [0, 0.05) is 35.2 Å². The number of amides is 2. The summed E-state index contributed by atoms with van der Waals surface area (Å²) in [5.74, 6) is 6.09. The normalized spacial score (nSPS) is 17.5. The highest BCUT2D eigenvalue weighted by Crippen LogP contribution is 2.39. The number of halogens is 3. The van der Waals surface area contributed by atoms with Gasteiger partial charge in [-0.15, -0.1) is 0 Å². The number of imidazole rings is 1. The molecule has 4 aromatic rings. The number of hydrazine groups is 1. The third-order valence-corrected chi connectivity index (χ3v) is 8.50. The number of ether oxygens (including phenoxy) is 2. The lowest BCUT2D eigenvalue weighted by atomic mass is 10.1. The predicted molar refractivity (Wildman–Crippen MR) is 208 cm³/mol. The molecular formula is C37H42Cl2FN9O6. The number of amidine groups is 1. The van der Waals surface area contributed by atoms with Crippen LogP contribution in [-0.2, 0) is 14.3 Å². The highest BCUT2D eigenvalue weighted by atomic mass is 35.5. The molecule has 2 amide bonds. The van der Waals surface area contributed by atoms with Crippen molar-refractivity contribution >= 4 is 75.7 Å². The van der Waals surface area contributed by atoms with Crippen LogP contribution in [0.25, 0.3) is 27.9 Å². The maximum atomic E-state index is 15.7. The summed E-state index contributed by atoms with van der Waals surface area (Å²) >= 11 is 12.2. The first kappa shape index (κ1) is 40.7. The third-order valence-electron chi connectivity index (χ3n) is 8.17. The van der Waals surface area contributed by atoms with E-state index >= 15 is 4.39 Å². The number of rotatable bonds is 8. The molecule has 55 heavy (non-hydrogen) atoms. The molecule has 1 unspecified atom stereocenters. The van der Waals surface area contributed by atoms with Gasteiger partial charge in [-0.2, -0.15) is 9.29 Å². The number of aromatic nitrogens is 3. The average Bonchev–Trinajstić information content (AvgIpc) is 3.73. The lowest BCUT2D eigenvalue weighted by molar-refractivity contribution is -0.104. The Bertz CT molecular complexity index is 2190. The monoisotopic (exact) mass is 797 g/mol. The predicted octanol–water partition coefficient (Wildman–Crippen LogP) is 8.01. The average molecular weight is 799 g/mol. The van der Waals surface area contributed by atoms with Gasteiger partial charge in [0.25, 0.3) is 0 Å². The van der Waals surface area contributed by atoms with Gasteiger partial charge in [0.05, 0.1) is 29.0 Å². The van der Waals surface area contributed by atoms with Crippen LogP contribution < -0.4 is 21.5 Å². The van der Waals surface area contributed by atoms with Crippen LogP contribution in [0, 0.1) is 11.9 Å². The molecular weight excluding hydrogens is 756 g/mol. The molecule has 3 heterocycles. The van der Waals surface area contributed by atoms with Crippen LogP contribution in [0.4, 0.5) is 25.5 Å². The highest BCUT2D eigenvalue weighted by Gasteiger charge is 2.38. The van der Waals surface area contributed by atoms with Crippen LogP contribution in [0.3, 0.4) is 0 Å². The second-order valence-corrected chi connectivity index (χ2v) is 15.7. The maximum absolute atomic E-state index is 15.7. The first-order valence-corrected chi connectivity index (χ1v) is 17.8. The van der Waals surface area contributed by atoms with E-state index in [0.29, 0.717) is 51.1 Å². The number of nitrogens with zero attached hydrogens (tertiary/aromatic N) is 6. The van der Waals surface area contributed by atoms with Crippen LogP contribution in [-0.4, -0.2) is 62.6 Å². The fraction of sp³-hybridized carbons (Fsp3) is 0.351. The van der Waals surface area contributed by atoms with Crippen LogP contribution >= 0.6 is 23.2 Å². The van der Waals surface area contributed by atoms with Gasteiger partial charge in [-0.3, -0.25) is 9.80 Å². The number of aliphatic imine (C=N–C) groups is 1. The fourth-order valence-corrected chi connectivity index (χ4v) is 6.20. The molecule has 5 N–H and O–H groups in total.